The molecule has 1 amide bonds. The highest BCUT2D eigenvalue weighted by atomic mass is 35.5. The predicted molar refractivity (Wildman–Crippen MR) is 97.2 cm³/mol. The van der Waals surface area contributed by atoms with Crippen LogP contribution in [-0.4, -0.2) is 15.9 Å². The van der Waals surface area contributed by atoms with Crippen molar-refractivity contribution in [2.24, 2.45) is 0 Å². The molecule has 0 saturated heterocycles. The average Bonchev–Trinajstić information content (AvgIpc) is 2.54. The normalized spacial score (nSPS) is 10.0. The van der Waals surface area contributed by atoms with E-state index in [2.05, 4.69) is 10.6 Å². The van der Waals surface area contributed by atoms with Crippen LogP contribution in [0.25, 0.3) is 0 Å². The van der Waals surface area contributed by atoms with Gasteiger partial charge in [0.2, 0.25) is 5.91 Å². The smallest absolute Gasteiger partial charge is 0.292 e. The molecule has 0 fully saturated rings. The first-order valence-corrected chi connectivity index (χ1v) is 7.83. The number of halogens is 1. The molecule has 0 bridgehead atoms. The van der Waals surface area contributed by atoms with Crippen LogP contribution in [0.15, 0.2) is 48.5 Å². The van der Waals surface area contributed by atoms with Crippen LogP contribution in [0.3, 0.4) is 0 Å². The summed E-state index contributed by atoms with van der Waals surface area (Å²) in [6.07, 6.45) is 0.669. The topological polar surface area (TPSA) is 84.3 Å². The predicted octanol–water partition coefficient (Wildman–Crippen LogP) is 3.69. The summed E-state index contributed by atoms with van der Waals surface area (Å²) in [6, 6.07) is 13.3. The van der Waals surface area contributed by atoms with Crippen LogP contribution in [0.1, 0.15) is 12.0 Å². The summed E-state index contributed by atoms with van der Waals surface area (Å²) in [5.74, 6) is -0.300. The maximum absolute atomic E-state index is 11.9. The van der Waals surface area contributed by atoms with Gasteiger partial charge in [0, 0.05) is 17.5 Å². The largest absolute Gasteiger partial charge is 0.327 e. The van der Waals surface area contributed by atoms with Crippen LogP contribution >= 0.6 is 23.8 Å². The van der Waals surface area contributed by atoms with Gasteiger partial charge in [-0.25, -0.2) is 0 Å². The van der Waals surface area contributed by atoms with Crippen LogP contribution in [0.2, 0.25) is 5.02 Å². The third-order valence-electron chi connectivity index (χ3n) is 3.18. The maximum Gasteiger partial charge on any atom is 0.292 e. The van der Waals surface area contributed by atoms with Crippen molar-refractivity contribution in [1.29, 1.82) is 0 Å². The summed E-state index contributed by atoms with van der Waals surface area (Å²) < 4.78 is 0. The molecule has 0 aliphatic rings. The van der Waals surface area contributed by atoms with Crippen molar-refractivity contribution in [3.05, 3.63) is 69.2 Å². The van der Waals surface area contributed by atoms with Crippen molar-refractivity contribution >= 4 is 46.2 Å². The number of nitrogens with zero attached hydrogens (tertiary/aromatic N) is 1. The summed E-state index contributed by atoms with van der Waals surface area (Å²) >= 11 is 11.1. The molecule has 0 saturated carbocycles. The number of nitro groups is 1. The van der Waals surface area contributed by atoms with Gasteiger partial charge in [0.1, 0.15) is 5.69 Å². The number of hydrogen-bond donors (Lipinski definition) is 2. The molecule has 124 valence electrons. The molecule has 0 radical (unpaired) electrons. The molecule has 24 heavy (non-hydrogen) atoms. The standard InChI is InChI=1S/C16H14ClN3O3S/c17-12-6-2-1-5-11(12)9-10-15(21)19-16(24)18-13-7-3-4-8-14(13)20(22)23/h1-8H,9-10H2,(H2,18,19,21,24). The van der Waals surface area contributed by atoms with E-state index in [0.29, 0.717) is 11.4 Å². The fourth-order valence-corrected chi connectivity index (χ4v) is 2.48. The maximum atomic E-state index is 11.9. The number of anilines is 1. The Balaban J connectivity index is 1.90. The highest BCUT2D eigenvalue weighted by Crippen LogP contribution is 2.23. The van der Waals surface area contributed by atoms with Gasteiger partial charge in [0.15, 0.2) is 5.11 Å². The van der Waals surface area contributed by atoms with Gasteiger partial charge in [-0.15, -0.1) is 0 Å². The number of hydrogen-bond acceptors (Lipinski definition) is 4. The first-order chi connectivity index (χ1) is 11.5. The average molecular weight is 364 g/mol. The Kier molecular flexibility index (Phi) is 6.22. The van der Waals surface area contributed by atoms with E-state index in [-0.39, 0.29) is 28.8 Å². The number of rotatable bonds is 5. The monoisotopic (exact) mass is 363 g/mol. The van der Waals surface area contributed by atoms with Crippen LogP contribution in [0.4, 0.5) is 11.4 Å². The molecular formula is C16H14ClN3O3S. The summed E-state index contributed by atoms with van der Waals surface area (Å²) in [6.45, 7) is 0. The molecule has 2 N–H and O–H groups in total. The van der Waals surface area contributed by atoms with Crippen LogP contribution < -0.4 is 10.6 Å². The third kappa shape index (κ3) is 5.00. The second-order valence-corrected chi connectivity index (χ2v) is 5.68. The Morgan fingerprint density at radius 1 is 1.17 bits per heavy atom. The van der Waals surface area contributed by atoms with Gasteiger partial charge in [0.05, 0.1) is 4.92 Å². The number of aryl methyl sites for hydroxylation is 1. The Morgan fingerprint density at radius 2 is 1.83 bits per heavy atom. The van der Waals surface area contributed by atoms with Gasteiger partial charge >= 0.3 is 0 Å². The summed E-state index contributed by atoms with van der Waals surface area (Å²) in [4.78, 5) is 22.3. The molecule has 2 aromatic carbocycles. The zero-order valence-electron chi connectivity index (χ0n) is 12.5. The SMILES string of the molecule is O=C(CCc1ccccc1Cl)NC(=S)Nc1ccccc1[N+](=O)[O-]. The van der Waals surface area contributed by atoms with E-state index in [1.54, 1.807) is 18.2 Å². The first kappa shape index (κ1) is 17.8. The fourth-order valence-electron chi connectivity index (χ4n) is 2.03. The molecule has 0 aromatic heterocycles. The first-order valence-electron chi connectivity index (χ1n) is 7.05. The van der Waals surface area contributed by atoms with E-state index in [1.807, 2.05) is 18.2 Å². The number of amides is 1. The Hall–Kier alpha value is -2.51. The minimum Gasteiger partial charge on any atom is -0.327 e. The highest BCUT2D eigenvalue weighted by Gasteiger charge is 2.14. The van der Waals surface area contributed by atoms with E-state index in [4.69, 9.17) is 23.8 Å². The summed E-state index contributed by atoms with van der Waals surface area (Å²) in [5.41, 5.74) is 0.968. The zero-order valence-corrected chi connectivity index (χ0v) is 14.1. The minimum atomic E-state index is -0.524. The Morgan fingerprint density at radius 3 is 2.54 bits per heavy atom. The molecule has 0 aliphatic carbocycles. The van der Waals surface area contributed by atoms with Crippen LogP contribution in [0.5, 0.6) is 0 Å². The minimum absolute atomic E-state index is 0.00783. The van der Waals surface area contributed by atoms with Crippen molar-refractivity contribution in [3.8, 4) is 0 Å². The van der Waals surface area contributed by atoms with Crippen molar-refractivity contribution in [2.75, 3.05) is 5.32 Å². The molecular weight excluding hydrogens is 350 g/mol. The van der Waals surface area contributed by atoms with Gasteiger partial charge in [-0.1, -0.05) is 41.9 Å². The van der Waals surface area contributed by atoms with Crippen molar-refractivity contribution in [3.63, 3.8) is 0 Å². The lowest BCUT2D eigenvalue weighted by Gasteiger charge is -2.10. The number of carbonyl (C=O) groups excluding carboxylic acids is 1. The van der Waals surface area contributed by atoms with Gasteiger partial charge < -0.3 is 10.6 Å². The second-order valence-electron chi connectivity index (χ2n) is 4.87. The molecule has 0 heterocycles. The molecule has 0 spiro atoms. The Bertz CT molecular complexity index is 783. The number of benzene rings is 2. The van der Waals surface area contributed by atoms with E-state index < -0.39 is 4.92 Å². The van der Waals surface area contributed by atoms with Crippen molar-refractivity contribution < 1.29 is 9.72 Å². The molecule has 0 aliphatic heterocycles. The molecule has 6 nitrogen and oxygen atoms in total. The van der Waals surface area contributed by atoms with Gasteiger partial charge in [-0.3, -0.25) is 14.9 Å². The van der Waals surface area contributed by atoms with E-state index in [1.165, 1.54) is 12.1 Å². The summed E-state index contributed by atoms with van der Waals surface area (Å²) in [7, 11) is 0. The van der Waals surface area contributed by atoms with Crippen LogP contribution in [-0.2, 0) is 11.2 Å². The lowest BCUT2D eigenvalue weighted by Crippen LogP contribution is -2.34. The zero-order chi connectivity index (χ0) is 17.5. The second kappa shape index (κ2) is 8.37. The van der Waals surface area contributed by atoms with E-state index in [9.17, 15) is 14.9 Å². The Labute approximate surface area is 149 Å². The van der Waals surface area contributed by atoms with Gasteiger partial charge in [-0.2, -0.15) is 0 Å². The van der Waals surface area contributed by atoms with E-state index in [0.717, 1.165) is 5.56 Å². The lowest BCUT2D eigenvalue weighted by molar-refractivity contribution is -0.383. The summed E-state index contributed by atoms with van der Waals surface area (Å²) in [5, 5.41) is 16.7. The van der Waals surface area contributed by atoms with Gasteiger partial charge in [0.25, 0.3) is 5.69 Å². The third-order valence-corrected chi connectivity index (χ3v) is 3.75. The molecule has 8 heteroatoms. The fraction of sp³-hybridized carbons (Fsp3) is 0.125. The van der Waals surface area contributed by atoms with Gasteiger partial charge in [-0.05, 0) is 36.3 Å². The van der Waals surface area contributed by atoms with E-state index >= 15 is 0 Å². The number of para-hydroxylation sites is 2. The number of thiocarbonyl (C=S) groups is 1. The quantitative estimate of drug-likeness (QED) is 0.480. The number of nitro benzene ring substituents is 1. The van der Waals surface area contributed by atoms with Crippen molar-refractivity contribution in [2.45, 2.75) is 12.8 Å². The lowest BCUT2D eigenvalue weighted by atomic mass is 10.1. The highest BCUT2D eigenvalue weighted by molar-refractivity contribution is 7.80. The molecule has 2 aromatic rings. The molecule has 0 atom stereocenters. The molecule has 0 unspecified atom stereocenters. The van der Waals surface area contributed by atoms with Crippen LogP contribution in [0, 0.1) is 10.1 Å². The number of carbonyl (C=O) groups is 1. The van der Waals surface area contributed by atoms with Crippen molar-refractivity contribution in [1.82, 2.24) is 5.32 Å². The number of nitrogens with one attached hydrogen (secondary N) is 2. The molecule has 2 rings (SSSR count).